The van der Waals surface area contributed by atoms with Crippen molar-refractivity contribution in [3.05, 3.63) is 79.9 Å². The summed E-state index contributed by atoms with van der Waals surface area (Å²) in [4.78, 5) is 72.2. The smallest absolute Gasteiger partial charge is 0.330 e. The highest BCUT2D eigenvalue weighted by atomic mass is 31.2. The minimum Gasteiger partial charge on any atom is -0.408 e. The molecule has 1 saturated heterocycles. The minimum absolute atomic E-state index is 0.00811. The molecule has 0 aliphatic carbocycles. The number of aromatic nitrogens is 2. The molecule has 1 aromatic carbocycles. The second kappa shape index (κ2) is 18.6. The first-order chi connectivity index (χ1) is 25.8. The first kappa shape index (κ1) is 44.1. The van der Waals surface area contributed by atoms with Crippen LogP contribution in [-0.2, 0) is 27.7 Å². The lowest BCUT2D eigenvalue weighted by Gasteiger charge is -2.42. The Bertz CT molecular complexity index is 1800. The molecule has 4 rings (SSSR count). The van der Waals surface area contributed by atoms with Crippen LogP contribution in [0.1, 0.15) is 75.4 Å². The molecular formula is C37H55N6O10PSi. The van der Waals surface area contributed by atoms with Crippen molar-refractivity contribution in [1.82, 2.24) is 24.0 Å². The number of H-pyrrole nitrogens is 1. The van der Waals surface area contributed by atoms with Gasteiger partial charge in [0.25, 0.3) is 25.9 Å². The molecule has 55 heavy (non-hydrogen) atoms. The number of amides is 3. The van der Waals surface area contributed by atoms with Crippen LogP contribution < -0.4 is 11.2 Å². The average molecular weight is 803 g/mol. The number of ether oxygens (including phenoxy) is 2. The van der Waals surface area contributed by atoms with Gasteiger partial charge in [-0.25, -0.2) is 16.0 Å². The number of aromatic amines is 1. The van der Waals surface area contributed by atoms with E-state index in [0.29, 0.717) is 0 Å². The first-order valence-electron chi connectivity index (χ1n) is 18.4. The summed E-state index contributed by atoms with van der Waals surface area (Å²) in [5.41, 5.74) is -0.723. The van der Waals surface area contributed by atoms with Gasteiger partial charge in [0.15, 0.2) is 14.5 Å². The largest absolute Gasteiger partial charge is 0.408 e. The summed E-state index contributed by atoms with van der Waals surface area (Å²) in [6.07, 6.45) is -2.17. The molecule has 0 spiro atoms. The maximum atomic E-state index is 13.3. The highest BCUT2D eigenvalue weighted by Gasteiger charge is 2.53. The third kappa shape index (κ3) is 10.4. The third-order valence-corrected chi connectivity index (χ3v) is 16.6. The summed E-state index contributed by atoms with van der Waals surface area (Å²) in [5.74, 6) is -1.46. The Morgan fingerprint density at radius 3 is 2.18 bits per heavy atom. The van der Waals surface area contributed by atoms with E-state index in [1.807, 2.05) is 27.7 Å². The highest BCUT2D eigenvalue weighted by Crippen LogP contribution is 2.52. The number of hydrogen-bond acceptors (Lipinski definition) is 11. The minimum atomic E-state index is -2.55. The fraction of sp³-hybridized carbons (Fsp3) is 0.622. The molecule has 302 valence electrons. The number of nitrogens with one attached hydrogen (secondary N) is 1. The second-order valence-corrected chi connectivity index (χ2v) is 21.8. The maximum absolute atomic E-state index is 13.3. The Labute approximate surface area is 324 Å². The Morgan fingerprint density at radius 1 is 1.02 bits per heavy atom. The summed E-state index contributed by atoms with van der Waals surface area (Å²) in [7, 11) is -2.80. The molecular weight excluding hydrogens is 747 g/mol. The standard InChI is InChI=1S/C37H55N6O10PSi/c1-24(2)43(25(3)4)54(50-20-17-38-8)52-32-31(53-55(10,11)37(5,6)7)28(51-35(32)41-18-16-29(44)39-36(41)48)23-49-21-19-40(9)30(45)22-42-33(46)26-14-12-13-15-27(26)34(42)47/h12-16,18,24-25,28,31-32,35H,17,19-23H2,1-7,9-11H3,(H,39,44,48)/t28-,31?,32+,35-,54?/m1/s1. The summed E-state index contributed by atoms with van der Waals surface area (Å²) in [6.45, 7) is 26.0. The van der Waals surface area contributed by atoms with Gasteiger partial charge in [-0.15, -0.1) is 0 Å². The van der Waals surface area contributed by atoms with Crippen LogP contribution >= 0.6 is 8.53 Å². The number of carbonyl (C=O) groups excluding carboxylic acids is 3. The van der Waals surface area contributed by atoms with Gasteiger partial charge in [0.05, 0.1) is 24.3 Å². The molecule has 2 aliphatic heterocycles. The molecule has 16 nitrogen and oxygen atoms in total. The van der Waals surface area contributed by atoms with Gasteiger partial charge in [0, 0.05) is 37.9 Å². The van der Waals surface area contributed by atoms with Crippen LogP contribution in [0.3, 0.4) is 0 Å². The summed E-state index contributed by atoms with van der Waals surface area (Å²) in [5, 5.41) is -0.225. The lowest BCUT2D eigenvalue weighted by Crippen LogP contribution is -2.51. The Balaban J connectivity index is 1.58. The van der Waals surface area contributed by atoms with Gasteiger partial charge in [-0.05, 0) is 58.0 Å². The van der Waals surface area contributed by atoms with Crippen molar-refractivity contribution in [2.75, 3.05) is 46.5 Å². The molecule has 2 aromatic rings. The van der Waals surface area contributed by atoms with Crippen molar-refractivity contribution in [3.63, 3.8) is 0 Å². The lowest BCUT2D eigenvalue weighted by atomic mass is 10.1. The van der Waals surface area contributed by atoms with Crippen molar-refractivity contribution < 1.29 is 37.3 Å². The van der Waals surface area contributed by atoms with Crippen LogP contribution in [-0.4, -0.2) is 127 Å². The Hall–Kier alpha value is -3.59. The van der Waals surface area contributed by atoms with E-state index in [4.69, 9.17) is 29.5 Å². The van der Waals surface area contributed by atoms with Crippen molar-refractivity contribution in [3.8, 4) is 0 Å². The van der Waals surface area contributed by atoms with Gasteiger partial charge >= 0.3 is 5.69 Å². The predicted octanol–water partition coefficient (Wildman–Crippen LogP) is 4.26. The lowest BCUT2D eigenvalue weighted by molar-refractivity contribution is -0.131. The van der Waals surface area contributed by atoms with Crippen molar-refractivity contribution >= 4 is 34.6 Å². The van der Waals surface area contributed by atoms with E-state index in [2.05, 4.69) is 48.4 Å². The summed E-state index contributed by atoms with van der Waals surface area (Å²) >= 11 is 0. The average Bonchev–Trinajstić information content (AvgIpc) is 3.54. The number of benzene rings is 1. The van der Waals surface area contributed by atoms with Crippen LogP contribution in [0, 0.1) is 6.57 Å². The third-order valence-electron chi connectivity index (χ3n) is 9.96. The van der Waals surface area contributed by atoms with Gasteiger partial charge in [0.1, 0.15) is 31.5 Å². The monoisotopic (exact) mass is 802 g/mol. The number of likely N-dealkylation sites (N-methyl/N-ethyl adjacent to an activating group) is 1. The quantitative estimate of drug-likeness (QED) is 0.0753. The molecule has 3 heterocycles. The molecule has 5 atom stereocenters. The molecule has 2 unspecified atom stereocenters. The van der Waals surface area contributed by atoms with Gasteiger partial charge in [-0.2, -0.15) is 0 Å². The van der Waals surface area contributed by atoms with Gasteiger partial charge in [0.2, 0.25) is 12.5 Å². The normalized spacial score (nSPS) is 20.8. The van der Waals surface area contributed by atoms with Crippen LogP contribution in [0.2, 0.25) is 18.1 Å². The molecule has 0 bridgehead atoms. The number of carbonyl (C=O) groups is 3. The molecule has 0 saturated carbocycles. The van der Waals surface area contributed by atoms with E-state index in [-0.39, 0.29) is 61.2 Å². The van der Waals surface area contributed by atoms with Gasteiger partial charge in [-0.3, -0.25) is 33.6 Å². The summed E-state index contributed by atoms with van der Waals surface area (Å²) in [6, 6.07) is 7.67. The van der Waals surface area contributed by atoms with Crippen molar-refractivity contribution in [1.29, 1.82) is 0 Å². The van der Waals surface area contributed by atoms with E-state index < -0.39 is 76.9 Å². The predicted molar refractivity (Wildman–Crippen MR) is 209 cm³/mol. The van der Waals surface area contributed by atoms with Crippen molar-refractivity contribution in [2.24, 2.45) is 0 Å². The fourth-order valence-corrected chi connectivity index (χ4v) is 9.07. The molecule has 1 N–H and O–H groups in total. The SMILES string of the molecule is [C-]#[N+]CCOP(O[C@H]1C(O[Si](C)(C)C(C)(C)C)[C@@H](COCCN(C)C(=O)CN2C(=O)c3ccccc3C2=O)O[C@H]1n1ccc(=O)[nH]c1=O)N(C(C)C)C(C)C. The Kier molecular flexibility index (Phi) is 14.9. The topological polar surface area (TPSA) is 166 Å². The number of nitrogens with zero attached hydrogens (tertiary/aromatic N) is 5. The Morgan fingerprint density at radius 2 is 1.64 bits per heavy atom. The van der Waals surface area contributed by atoms with Crippen LogP contribution in [0.5, 0.6) is 0 Å². The summed E-state index contributed by atoms with van der Waals surface area (Å²) < 4.78 is 36.3. The fourth-order valence-electron chi connectivity index (χ4n) is 6.02. The van der Waals surface area contributed by atoms with Gasteiger partial charge < -0.3 is 32.7 Å². The number of rotatable bonds is 18. The first-order valence-corrected chi connectivity index (χ1v) is 22.5. The van der Waals surface area contributed by atoms with Crippen molar-refractivity contribution in [2.45, 2.75) is 103 Å². The number of hydrogen-bond donors (Lipinski definition) is 1. The molecule has 0 radical (unpaired) electrons. The van der Waals surface area contributed by atoms with Crippen LogP contribution in [0.15, 0.2) is 46.1 Å². The van der Waals surface area contributed by atoms with E-state index in [0.717, 1.165) is 4.90 Å². The number of imide groups is 1. The highest BCUT2D eigenvalue weighted by molar-refractivity contribution is 7.44. The second-order valence-electron chi connectivity index (χ2n) is 15.6. The van der Waals surface area contributed by atoms with E-state index in [1.54, 1.807) is 31.3 Å². The molecule has 3 amide bonds. The zero-order chi connectivity index (χ0) is 40.8. The zero-order valence-electron chi connectivity index (χ0n) is 33.4. The van der Waals surface area contributed by atoms with Gasteiger partial charge in [-0.1, -0.05) is 32.9 Å². The molecule has 1 aromatic heterocycles. The maximum Gasteiger partial charge on any atom is 0.330 e. The molecule has 18 heteroatoms. The zero-order valence-corrected chi connectivity index (χ0v) is 35.3. The van der Waals surface area contributed by atoms with E-state index >= 15 is 0 Å². The van der Waals surface area contributed by atoms with Crippen LogP contribution in [0.25, 0.3) is 4.85 Å². The van der Waals surface area contributed by atoms with E-state index in [9.17, 15) is 24.0 Å². The van der Waals surface area contributed by atoms with Crippen LogP contribution in [0.4, 0.5) is 0 Å². The molecule has 2 aliphatic rings. The van der Waals surface area contributed by atoms with E-state index in [1.165, 1.54) is 21.7 Å². The molecule has 1 fully saturated rings. The number of fused-ring (bicyclic) bond motifs is 1.